The second-order valence-corrected chi connectivity index (χ2v) is 4.97. The number of hydrogen-bond acceptors (Lipinski definition) is 2. The number of aliphatic hydroxyl groups excluding tert-OH is 1. The Morgan fingerprint density at radius 1 is 0.938 bits per heavy atom. The topological polar surface area (TPSA) is 40.5 Å². The van der Waals surface area contributed by atoms with Gasteiger partial charge in [-0.2, -0.15) is 0 Å². The van der Waals surface area contributed by atoms with Crippen LogP contribution < -0.4 is 0 Å². The fourth-order valence-electron chi connectivity index (χ4n) is 2.78. The highest BCUT2D eigenvalue weighted by Crippen LogP contribution is 2.34. The summed E-state index contributed by atoms with van der Waals surface area (Å²) in [5, 5.41) is 20.8. The molecule has 2 unspecified atom stereocenters. The molecule has 16 heavy (non-hydrogen) atoms. The number of aliphatic hydroxyl groups is 2. The lowest BCUT2D eigenvalue weighted by Gasteiger charge is -2.39. The molecule has 0 aliphatic rings. The van der Waals surface area contributed by atoms with Gasteiger partial charge in [0.05, 0.1) is 11.7 Å². The Bertz CT molecular complexity index is 162. The van der Waals surface area contributed by atoms with E-state index >= 15 is 0 Å². The zero-order valence-electron chi connectivity index (χ0n) is 11.5. The zero-order valence-corrected chi connectivity index (χ0v) is 11.5. The molecule has 2 N–H and O–H groups in total. The molecular weight excluding hydrogens is 200 g/mol. The van der Waals surface area contributed by atoms with Crippen LogP contribution in [-0.4, -0.2) is 21.9 Å². The van der Waals surface area contributed by atoms with Gasteiger partial charge in [0.15, 0.2) is 0 Å². The van der Waals surface area contributed by atoms with Gasteiger partial charge in [-0.25, -0.2) is 0 Å². The predicted octanol–water partition coefficient (Wildman–Crippen LogP) is 3.50. The third-order valence-electron chi connectivity index (χ3n) is 3.54. The largest absolute Gasteiger partial charge is 0.393 e. The van der Waals surface area contributed by atoms with E-state index in [9.17, 15) is 10.2 Å². The Labute approximate surface area is 101 Å². The fraction of sp³-hybridized carbons (Fsp3) is 1.00. The number of rotatable bonds is 9. The van der Waals surface area contributed by atoms with Crippen molar-refractivity contribution in [2.24, 2.45) is 5.92 Å². The molecule has 0 radical (unpaired) electrons. The van der Waals surface area contributed by atoms with Gasteiger partial charge in [0.2, 0.25) is 0 Å². The van der Waals surface area contributed by atoms with Crippen LogP contribution in [0.2, 0.25) is 0 Å². The van der Waals surface area contributed by atoms with Crippen LogP contribution in [0.1, 0.15) is 72.6 Å². The Morgan fingerprint density at radius 2 is 1.44 bits per heavy atom. The van der Waals surface area contributed by atoms with Gasteiger partial charge in [-0.15, -0.1) is 0 Å². The lowest BCUT2D eigenvalue weighted by molar-refractivity contribution is -0.0873. The normalized spacial score (nSPS) is 16.1. The first kappa shape index (κ1) is 15.9. The third-order valence-corrected chi connectivity index (χ3v) is 3.54. The van der Waals surface area contributed by atoms with E-state index in [2.05, 4.69) is 20.8 Å². The lowest BCUT2D eigenvalue weighted by atomic mass is 9.74. The second-order valence-electron chi connectivity index (χ2n) is 4.97. The Hall–Kier alpha value is -0.0800. The summed E-state index contributed by atoms with van der Waals surface area (Å²) in [6.45, 7) is 8.31. The average Bonchev–Trinajstić information content (AvgIpc) is 2.25. The van der Waals surface area contributed by atoms with Crippen LogP contribution in [0.15, 0.2) is 0 Å². The highest BCUT2D eigenvalue weighted by molar-refractivity contribution is 4.89. The monoisotopic (exact) mass is 230 g/mol. The van der Waals surface area contributed by atoms with Crippen molar-refractivity contribution < 1.29 is 10.2 Å². The summed E-state index contributed by atoms with van der Waals surface area (Å²) in [6, 6.07) is 0. The maximum absolute atomic E-state index is 10.7. The highest BCUT2D eigenvalue weighted by atomic mass is 16.3. The maximum atomic E-state index is 10.7. The van der Waals surface area contributed by atoms with Crippen molar-refractivity contribution in [1.29, 1.82) is 0 Å². The molecule has 2 atom stereocenters. The average molecular weight is 230 g/mol. The third kappa shape index (κ3) is 4.42. The molecule has 0 spiro atoms. The van der Waals surface area contributed by atoms with E-state index in [0.29, 0.717) is 0 Å². The maximum Gasteiger partial charge on any atom is 0.0700 e. The minimum absolute atomic E-state index is 0.0439. The molecule has 0 aliphatic heterocycles. The van der Waals surface area contributed by atoms with E-state index in [0.717, 1.165) is 44.9 Å². The van der Waals surface area contributed by atoms with Gasteiger partial charge in [0.1, 0.15) is 0 Å². The van der Waals surface area contributed by atoms with E-state index < -0.39 is 5.60 Å². The van der Waals surface area contributed by atoms with E-state index in [1.807, 2.05) is 6.92 Å². The molecule has 0 aromatic carbocycles. The van der Waals surface area contributed by atoms with Crippen LogP contribution in [0.4, 0.5) is 0 Å². The van der Waals surface area contributed by atoms with Crippen molar-refractivity contribution in [2.45, 2.75) is 84.3 Å². The van der Waals surface area contributed by atoms with Crippen LogP contribution in [0, 0.1) is 5.92 Å². The fourth-order valence-corrected chi connectivity index (χ4v) is 2.78. The van der Waals surface area contributed by atoms with E-state index in [4.69, 9.17) is 0 Å². The molecule has 0 aromatic heterocycles. The van der Waals surface area contributed by atoms with Crippen LogP contribution in [0.3, 0.4) is 0 Å². The highest BCUT2D eigenvalue weighted by Gasteiger charge is 2.37. The van der Waals surface area contributed by atoms with E-state index in [1.165, 1.54) is 0 Å². The van der Waals surface area contributed by atoms with Gasteiger partial charge >= 0.3 is 0 Å². The summed E-state index contributed by atoms with van der Waals surface area (Å²) >= 11 is 0. The first-order chi connectivity index (χ1) is 7.55. The molecule has 0 rings (SSSR count). The molecule has 0 amide bonds. The van der Waals surface area contributed by atoms with Crippen LogP contribution >= 0.6 is 0 Å². The Balaban J connectivity index is 4.76. The van der Waals surface area contributed by atoms with Crippen molar-refractivity contribution in [1.82, 2.24) is 0 Å². The molecule has 98 valence electrons. The standard InChI is InChI=1S/C14H30O2/c1-5-9-12(13(15)8-4)14(16,10-6-2)11-7-3/h12-13,15-16H,5-11H2,1-4H3. The molecule has 2 nitrogen and oxygen atoms in total. The van der Waals surface area contributed by atoms with Crippen molar-refractivity contribution in [2.75, 3.05) is 0 Å². The molecule has 2 heteroatoms. The van der Waals surface area contributed by atoms with Crippen LogP contribution in [0.5, 0.6) is 0 Å². The number of hydrogen-bond donors (Lipinski definition) is 2. The summed E-state index contributed by atoms with van der Waals surface area (Å²) in [6.07, 6.45) is 5.90. The molecule has 0 heterocycles. The lowest BCUT2D eigenvalue weighted by Crippen LogP contribution is -2.44. The summed E-state index contributed by atoms with van der Waals surface area (Å²) in [4.78, 5) is 0. The smallest absolute Gasteiger partial charge is 0.0700 e. The predicted molar refractivity (Wildman–Crippen MR) is 69.5 cm³/mol. The summed E-state index contributed by atoms with van der Waals surface area (Å²) in [5.41, 5.74) is -0.658. The van der Waals surface area contributed by atoms with Crippen molar-refractivity contribution in [3.05, 3.63) is 0 Å². The Kier molecular flexibility index (Phi) is 8.04. The first-order valence-corrected chi connectivity index (χ1v) is 6.96. The molecule has 0 aliphatic carbocycles. The molecule has 0 aromatic rings. The molecule has 0 bridgehead atoms. The van der Waals surface area contributed by atoms with Crippen molar-refractivity contribution >= 4 is 0 Å². The van der Waals surface area contributed by atoms with E-state index in [-0.39, 0.29) is 12.0 Å². The summed E-state index contributed by atoms with van der Waals surface area (Å²) < 4.78 is 0. The minimum Gasteiger partial charge on any atom is -0.393 e. The molecule has 0 saturated heterocycles. The van der Waals surface area contributed by atoms with E-state index in [1.54, 1.807) is 0 Å². The SMILES string of the molecule is CCCC(C(O)CC)C(O)(CCC)CCC. The van der Waals surface area contributed by atoms with Gasteiger partial charge in [-0.05, 0) is 25.7 Å². The first-order valence-electron chi connectivity index (χ1n) is 6.96. The van der Waals surface area contributed by atoms with Crippen molar-refractivity contribution in [3.63, 3.8) is 0 Å². The van der Waals surface area contributed by atoms with Gasteiger partial charge in [0.25, 0.3) is 0 Å². The summed E-state index contributed by atoms with van der Waals surface area (Å²) in [7, 11) is 0. The van der Waals surface area contributed by atoms with Crippen LogP contribution in [-0.2, 0) is 0 Å². The van der Waals surface area contributed by atoms with Gasteiger partial charge in [-0.1, -0.05) is 47.0 Å². The van der Waals surface area contributed by atoms with Crippen molar-refractivity contribution in [3.8, 4) is 0 Å². The zero-order chi connectivity index (χ0) is 12.6. The molecule has 0 saturated carbocycles. The summed E-state index contributed by atoms with van der Waals surface area (Å²) in [5.74, 6) is 0.0439. The van der Waals surface area contributed by atoms with Gasteiger partial charge in [-0.3, -0.25) is 0 Å². The minimum atomic E-state index is -0.658. The molecule has 0 fully saturated rings. The Morgan fingerprint density at radius 3 is 1.75 bits per heavy atom. The molecular formula is C14H30O2. The quantitative estimate of drug-likeness (QED) is 0.636. The second kappa shape index (κ2) is 8.08. The van der Waals surface area contributed by atoms with Crippen LogP contribution in [0.25, 0.3) is 0 Å². The van der Waals surface area contributed by atoms with Gasteiger partial charge < -0.3 is 10.2 Å². The van der Waals surface area contributed by atoms with Gasteiger partial charge in [0, 0.05) is 5.92 Å².